The maximum Gasteiger partial charge on any atom is 0.225 e. The zero-order valence-electron chi connectivity index (χ0n) is 11.2. The number of hydrogen-bond donors (Lipinski definition) is 0. The summed E-state index contributed by atoms with van der Waals surface area (Å²) in [5.41, 5.74) is 3.49. The van der Waals surface area contributed by atoms with Crippen LogP contribution in [0.1, 0.15) is 36.7 Å². The molecule has 0 aromatic carbocycles. The highest BCUT2D eigenvalue weighted by molar-refractivity contribution is 5.38. The summed E-state index contributed by atoms with van der Waals surface area (Å²) in [6.07, 6.45) is 0. The topological polar surface area (TPSA) is 38.2 Å². The first-order valence-electron chi connectivity index (χ1n) is 6.27. The van der Waals surface area contributed by atoms with Gasteiger partial charge in [0.15, 0.2) is 0 Å². The van der Waals surface area contributed by atoms with Gasteiger partial charge in [0.1, 0.15) is 0 Å². The van der Waals surface area contributed by atoms with Gasteiger partial charge in [0.25, 0.3) is 0 Å². The van der Waals surface area contributed by atoms with Gasteiger partial charge in [0.2, 0.25) is 5.95 Å². The second-order valence-corrected chi connectivity index (χ2v) is 4.86. The molecule has 0 spiro atoms. The molecular weight excluding hydrogens is 214 g/mol. The molecule has 0 N–H and O–H groups in total. The predicted octanol–water partition coefficient (Wildman–Crippen LogP) is 2.05. The summed E-state index contributed by atoms with van der Waals surface area (Å²) in [5, 5.41) is 0. The fraction of sp³-hybridized carbons (Fsp3) is 0.692. The summed E-state index contributed by atoms with van der Waals surface area (Å²) in [5.74, 6) is 1.33. The van der Waals surface area contributed by atoms with Crippen LogP contribution < -0.4 is 4.90 Å². The van der Waals surface area contributed by atoms with Crippen molar-refractivity contribution in [2.75, 3.05) is 31.2 Å². The molecule has 4 heteroatoms. The van der Waals surface area contributed by atoms with Crippen molar-refractivity contribution >= 4 is 5.95 Å². The lowest BCUT2D eigenvalue weighted by atomic mass is 10.0. The fourth-order valence-electron chi connectivity index (χ4n) is 2.45. The second kappa shape index (κ2) is 5.00. The molecule has 1 saturated heterocycles. The van der Waals surface area contributed by atoms with Gasteiger partial charge in [-0.3, -0.25) is 0 Å². The highest BCUT2D eigenvalue weighted by Gasteiger charge is 2.17. The molecule has 1 aliphatic heterocycles. The van der Waals surface area contributed by atoms with Crippen molar-refractivity contribution in [3.63, 3.8) is 0 Å². The molecular formula is C13H21N3O. The van der Waals surface area contributed by atoms with Crippen LogP contribution in [0.4, 0.5) is 5.95 Å². The van der Waals surface area contributed by atoms with Crippen LogP contribution in [0.5, 0.6) is 0 Å². The highest BCUT2D eigenvalue weighted by Crippen LogP contribution is 2.23. The van der Waals surface area contributed by atoms with Crippen LogP contribution in [0.15, 0.2) is 0 Å². The van der Waals surface area contributed by atoms with Gasteiger partial charge in [-0.25, -0.2) is 9.97 Å². The van der Waals surface area contributed by atoms with Gasteiger partial charge in [0.05, 0.1) is 13.2 Å². The molecule has 2 rings (SSSR count). The molecule has 0 aliphatic carbocycles. The summed E-state index contributed by atoms with van der Waals surface area (Å²) in [6, 6.07) is 0. The number of nitrogens with zero attached hydrogens (tertiary/aromatic N) is 3. The molecule has 0 amide bonds. The molecule has 1 aliphatic rings. The third-order valence-corrected chi connectivity index (χ3v) is 3.19. The summed E-state index contributed by atoms with van der Waals surface area (Å²) >= 11 is 0. The van der Waals surface area contributed by atoms with E-state index in [1.165, 1.54) is 5.56 Å². The summed E-state index contributed by atoms with van der Waals surface area (Å²) in [4.78, 5) is 11.5. The van der Waals surface area contributed by atoms with Crippen molar-refractivity contribution in [3.05, 3.63) is 17.0 Å². The van der Waals surface area contributed by atoms with Crippen LogP contribution in [0.3, 0.4) is 0 Å². The third-order valence-electron chi connectivity index (χ3n) is 3.19. The Bertz CT molecular complexity index is 375. The van der Waals surface area contributed by atoms with E-state index in [-0.39, 0.29) is 0 Å². The first-order chi connectivity index (χ1) is 8.09. The molecule has 4 nitrogen and oxygen atoms in total. The van der Waals surface area contributed by atoms with E-state index in [1.54, 1.807) is 0 Å². The zero-order valence-corrected chi connectivity index (χ0v) is 11.2. The van der Waals surface area contributed by atoms with Crippen LogP contribution in [0.25, 0.3) is 0 Å². The molecule has 1 aromatic heterocycles. The van der Waals surface area contributed by atoms with E-state index in [0.29, 0.717) is 5.92 Å². The van der Waals surface area contributed by atoms with Gasteiger partial charge in [-0.05, 0) is 25.3 Å². The van der Waals surface area contributed by atoms with E-state index in [9.17, 15) is 0 Å². The van der Waals surface area contributed by atoms with Crippen molar-refractivity contribution in [3.8, 4) is 0 Å². The minimum atomic E-state index is 0.480. The zero-order chi connectivity index (χ0) is 12.4. The Balaban J connectivity index is 2.31. The SMILES string of the molecule is Cc1nc(N2CCOCC2)nc(C)c1C(C)C. The van der Waals surface area contributed by atoms with E-state index in [1.807, 2.05) is 0 Å². The molecule has 1 aromatic rings. The smallest absolute Gasteiger partial charge is 0.225 e. The molecule has 17 heavy (non-hydrogen) atoms. The van der Waals surface area contributed by atoms with Crippen molar-refractivity contribution in [2.45, 2.75) is 33.6 Å². The first-order valence-corrected chi connectivity index (χ1v) is 6.27. The standard InChI is InChI=1S/C13H21N3O/c1-9(2)12-10(3)14-13(15-11(12)4)16-5-7-17-8-6-16/h9H,5-8H2,1-4H3. The van der Waals surface area contributed by atoms with E-state index in [0.717, 1.165) is 43.6 Å². The average molecular weight is 235 g/mol. The number of morpholine rings is 1. The Morgan fingerprint density at radius 2 is 1.59 bits per heavy atom. The molecule has 2 heterocycles. The summed E-state index contributed by atoms with van der Waals surface area (Å²) in [7, 11) is 0. The average Bonchev–Trinajstić information content (AvgIpc) is 2.28. The molecule has 0 unspecified atom stereocenters. The fourth-order valence-corrected chi connectivity index (χ4v) is 2.45. The molecule has 94 valence electrons. The minimum Gasteiger partial charge on any atom is -0.378 e. The summed E-state index contributed by atoms with van der Waals surface area (Å²) in [6.45, 7) is 11.8. The Hall–Kier alpha value is -1.16. The number of ether oxygens (including phenoxy) is 1. The maximum atomic E-state index is 5.35. The van der Waals surface area contributed by atoms with Gasteiger partial charge in [-0.1, -0.05) is 13.8 Å². The number of hydrogen-bond acceptors (Lipinski definition) is 4. The van der Waals surface area contributed by atoms with Gasteiger partial charge < -0.3 is 9.64 Å². The summed E-state index contributed by atoms with van der Waals surface area (Å²) < 4.78 is 5.35. The van der Waals surface area contributed by atoms with Gasteiger partial charge >= 0.3 is 0 Å². The van der Waals surface area contributed by atoms with Crippen molar-refractivity contribution in [1.29, 1.82) is 0 Å². The number of aromatic nitrogens is 2. The molecule has 0 saturated carbocycles. The molecule has 0 radical (unpaired) electrons. The van der Waals surface area contributed by atoms with Crippen molar-refractivity contribution < 1.29 is 4.74 Å². The monoisotopic (exact) mass is 235 g/mol. The number of aryl methyl sites for hydroxylation is 2. The first kappa shape index (κ1) is 12.3. The van der Waals surface area contributed by atoms with Crippen LogP contribution >= 0.6 is 0 Å². The van der Waals surface area contributed by atoms with Crippen molar-refractivity contribution in [2.24, 2.45) is 0 Å². The normalized spacial score (nSPS) is 16.6. The van der Waals surface area contributed by atoms with Gasteiger partial charge in [-0.15, -0.1) is 0 Å². The van der Waals surface area contributed by atoms with Crippen LogP contribution in [-0.4, -0.2) is 36.3 Å². The van der Waals surface area contributed by atoms with E-state index in [4.69, 9.17) is 4.74 Å². The quantitative estimate of drug-likeness (QED) is 0.786. The van der Waals surface area contributed by atoms with Gasteiger partial charge in [-0.2, -0.15) is 0 Å². The Morgan fingerprint density at radius 3 is 2.06 bits per heavy atom. The minimum absolute atomic E-state index is 0.480. The third kappa shape index (κ3) is 2.57. The van der Waals surface area contributed by atoms with Crippen LogP contribution in [0, 0.1) is 13.8 Å². The largest absolute Gasteiger partial charge is 0.378 e. The molecule has 0 bridgehead atoms. The van der Waals surface area contributed by atoms with E-state index >= 15 is 0 Å². The lowest BCUT2D eigenvalue weighted by molar-refractivity contribution is 0.122. The van der Waals surface area contributed by atoms with E-state index < -0.39 is 0 Å². The van der Waals surface area contributed by atoms with Gasteiger partial charge in [0, 0.05) is 24.5 Å². The van der Waals surface area contributed by atoms with Crippen molar-refractivity contribution in [1.82, 2.24) is 9.97 Å². The number of rotatable bonds is 2. The highest BCUT2D eigenvalue weighted by atomic mass is 16.5. The molecule has 1 fully saturated rings. The molecule has 0 atom stereocenters. The maximum absolute atomic E-state index is 5.35. The lowest BCUT2D eigenvalue weighted by Crippen LogP contribution is -2.37. The van der Waals surface area contributed by atoms with E-state index in [2.05, 4.69) is 42.6 Å². The van der Waals surface area contributed by atoms with Crippen LogP contribution in [-0.2, 0) is 4.74 Å². The lowest BCUT2D eigenvalue weighted by Gasteiger charge is -2.28. The second-order valence-electron chi connectivity index (χ2n) is 4.86. The predicted molar refractivity (Wildman–Crippen MR) is 68.6 cm³/mol. The Kier molecular flexibility index (Phi) is 3.62. The Morgan fingerprint density at radius 1 is 1.06 bits per heavy atom. The number of anilines is 1. The van der Waals surface area contributed by atoms with Crippen LogP contribution in [0.2, 0.25) is 0 Å². The Labute approximate surface area is 103 Å².